The maximum atomic E-state index is 5.79. The molecule has 1 aliphatic heterocycles. The fourth-order valence-electron chi connectivity index (χ4n) is 2.51. The van der Waals surface area contributed by atoms with Crippen molar-refractivity contribution in [2.24, 2.45) is 5.92 Å². The van der Waals surface area contributed by atoms with Gasteiger partial charge in [-0.15, -0.1) is 0 Å². The van der Waals surface area contributed by atoms with Crippen LogP contribution in [0, 0.1) is 12.8 Å². The van der Waals surface area contributed by atoms with Gasteiger partial charge in [0, 0.05) is 20.1 Å². The molecule has 4 heteroatoms. The van der Waals surface area contributed by atoms with Crippen LogP contribution in [0.5, 0.6) is 0 Å². The quantitative estimate of drug-likeness (QED) is 0.882. The molecule has 2 rings (SSSR count). The Hall–Kier alpha value is -1.29. The summed E-state index contributed by atoms with van der Waals surface area (Å²) in [4.78, 5) is 9.03. The average molecular weight is 248 g/mol. The van der Waals surface area contributed by atoms with Crippen molar-refractivity contribution in [1.82, 2.24) is 9.88 Å². The van der Waals surface area contributed by atoms with Crippen LogP contribution in [0.1, 0.15) is 18.4 Å². The van der Waals surface area contributed by atoms with Gasteiger partial charge in [-0.05, 0) is 50.9 Å². The number of hydrogen-bond donors (Lipinski definition) is 1. The van der Waals surface area contributed by atoms with Crippen LogP contribution < -0.4 is 10.6 Å². The number of nitrogen functional groups attached to an aromatic ring is 1. The van der Waals surface area contributed by atoms with Crippen molar-refractivity contribution in [3.63, 3.8) is 0 Å². The van der Waals surface area contributed by atoms with Crippen LogP contribution in [0.2, 0.25) is 0 Å². The van der Waals surface area contributed by atoms with E-state index in [4.69, 9.17) is 5.73 Å². The summed E-state index contributed by atoms with van der Waals surface area (Å²) in [6, 6.07) is 2.07. The lowest BCUT2D eigenvalue weighted by atomic mass is 10.0. The van der Waals surface area contributed by atoms with Gasteiger partial charge >= 0.3 is 0 Å². The van der Waals surface area contributed by atoms with E-state index in [1.807, 2.05) is 6.92 Å². The normalized spacial score (nSPS) is 20.3. The standard InChI is InChI=1S/C14H24N4/c1-11-8-14(16-9-13(11)15)18(3)7-5-12-4-6-17(2)10-12/h8-9,12H,4-7,10,15H2,1-3H3. The molecule has 1 atom stereocenters. The molecule has 1 unspecified atom stereocenters. The molecule has 2 heterocycles. The number of aryl methyl sites for hydroxylation is 1. The summed E-state index contributed by atoms with van der Waals surface area (Å²) in [5, 5.41) is 0. The number of aromatic nitrogens is 1. The highest BCUT2D eigenvalue weighted by molar-refractivity contribution is 5.51. The summed E-state index contributed by atoms with van der Waals surface area (Å²) in [6.45, 7) is 5.57. The third kappa shape index (κ3) is 3.13. The number of hydrogen-bond acceptors (Lipinski definition) is 4. The third-order valence-corrected chi connectivity index (χ3v) is 3.89. The highest BCUT2D eigenvalue weighted by Gasteiger charge is 2.19. The van der Waals surface area contributed by atoms with Gasteiger partial charge in [0.2, 0.25) is 0 Å². The molecule has 1 aromatic rings. The van der Waals surface area contributed by atoms with E-state index in [1.165, 1.54) is 25.9 Å². The van der Waals surface area contributed by atoms with Crippen molar-refractivity contribution in [2.75, 3.05) is 44.4 Å². The van der Waals surface area contributed by atoms with Crippen LogP contribution in [0.25, 0.3) is 0 Å². The van der Waals surface area contributed by atoms with E-state index in [0.29, 0.717) is 0 Å². The van der Waals surface area contributed by atoms with Gasteiger partial charge in [0.05, 0.1) is 11.9 Å². The molecule has 0 aliphatic carbocycles. The lowest BCUT2D eigenvalue weighted by Crippen LogP contribution is -2.23. The molecule has 1 fully saturated rings. The van der Waals surface area contributed by atoms with E-state index in [9.17, 15) is 0 Å². The van der Waals surface area contributed by atoms with E-state index < -0.39 is 0 Å². The summed E-state index contributed by atoms with van der Waals surface area (Å²) >= 11 is 0. The molecule has 0 amide bonds. The van der Waals surface area contributed by atoms with Crippen molar-refractivity contribution >= 4 is 11.5 Å². The molecule has 1 saturated heterocycles. The van der Waals surface area contributed by atoms with Crippen molar-refractivity contribution in [3.05, 3.63) is 17.8 Å². The minimum Gasteiger partial charge on any atom is -0.397 e. The number of pyridine rings is 1. The highest BCUT2D eigenvalue weighted by atomic mass is 15.2. The van der Waals surface area contributed by atoms with Crippen LogP contribution in [0.3, 0.4) is 0 Å². The predicted molar refractivity (Wildman–Crippen MR) is 76.9 cm³/mol. The molecule has 0 saturated carbocycles. The Balaban J connectivity index is 1.87. The SMILES string of the molecule is Cc1cc(N(C)CCC2CCN(C)C2)ncc1N. The van der Waals surface area contributed by atoms with Crippen molar-refractivity contribution in [1.29, 1.82) is 0 Å². The zero-order valence-electron chi connectivity index (χ0n) is 11.7. The number of likely N-dealkylation sites (tertiary alicyclic amines) is 1. The molecule has 0 spiro atoms. The van der Waals surface area contributed by atoms with Gasteiger partial charge in [-0.2, -0.15) is 0 Å². The largest absolute Gasteiger partial charge is 0.397 e. The number of nitrogens with zero attached hydrogens (tertiary/aromatic N) is 3. The Morgan fingerprint density at radius 3 is 2.94 bits per heavy atom. The lowest BCUT2D eigenvalue weighted by molar-refractivity contribution is 0.389. The van der Waals surface area contributed by atoms with Gasteiger partial charge in [-0.1, -0.05) is 0 Å². The van der Waals surface area contributed by atoms with Crippen LogP contribution in [0.4, 0.5) is 11.5 Å². The minimum atomic E-state index is 0.768. The Kier molecular flexibility index (Phi) is 4.07. The number of rotatable bonds is 4. The molecule has 0 aromatic carbocycles. The van der Waals surface area contributed by atoms with E-state index in [1.54, 1.807) is 6.20 Å². The second kappa shape index (κ2) is 5.57. The maximum Gasteiger partial charge on any atom is 0.128 e. The first-order valence-corrected chi connectivity index (χ1v) is 6.68. The van der Waals surface area contributed by atoms with Crippen LogP contribution in [-0.4, -0.2) is 43.6 Å². The molecule has 2 N–H and O–H groups in total. The fourth-order valence-corrected chi connectivity index (χ4v) is 2.51. The maximum absolute atomic E-state index is 5.79. The Labute approximate surface area is 110 Å². The summed E-state index contributed by atoms with van der Waals surface area (Å²) in [5.74, 6) is 1.86. The minimum absolute atomic E-state index is 0.768. The zero-order valence-corrected chi connectivity index (χ0v) is 11.7. The lowest BCUT2D eigenvalue weighted by Gasteiger charge is -2.21. The van der Waals surface area contributed by atoms with Gasteiger partial charge in [-0.3, -0.25) is 0 Å². The van der Waals surface area contributed by atoms with Crippen LogP contribution in [0.15, 0.2) is 12.3 Å². The van der Waals surface area contributed by atoms with Gasteiger partial charge in [0.1, 0.15) is 5.82 Å². The van der Waals surface area contributed by atoms with Gasteiger partial charge in [0.25, 0.3) is 0 Å². The summed E-state index contributed by atoms with van der Waals surface area (Å²) in [5.41, 5.74) is 7.66. The van der Waals surface area contributed by atoms with E-state index >= 15 is 0 Å². The second-order valence-corrected chi connectivity index (χ2v) is 5.53. The molecule has 1 aliphatic rings. The van der Waals surface area contributed by atoms with Crippen molar-refractivity contribution in [2.45, 2.75) is 19.8 Å². The Bertz CT molecular complexity index is 405. The third-order valence-electron chi connectivity index (χ3n) is 3.89. The molecular formula is C14H24N4. The monoisotopic (exact) mass is 248 g/mol. The molecular weight excluding hydrogens is 224 g/mol. The first-order chi connectivity index (χ1) is 8.56. The summed E-state index contributed by atoms with van der Waals surface area (Å²) < 4.78 is 0. The van der Waals surface area contributed by atoms with E-state index in [0.717, 1.165) is 29.5 Å². The van der Waals surface area contributed by atoms with Gasteiger partial charge < -0.3 is 15.5 Å². The predicted octanol–water partition coefficient (Wildman–Crippen LogP) is 1.75. The van der Waals surface area contributed by atoms with E-state index in [-0.39, 0.29) is 0 Å². The Morgan fingerprint density at radius 2 is 2.33 bits per heavy atom. The van der Waals surface area contributed by atoms with Crippen LogP contribution >= 0.6 is 0 Å². The zero-order chi connectivity index (χ0) is 13.1. The summed E-state index contributed by atoms with van der Waals surface area (Å²) in [6.07, 6.45) is 4.33. The molecule has 0 bridgehead atoms. The Morgan fingerprint density at radius 1 is 1.56 bits per heavy atom. The van der Waals surface area contributed by atoms with Gasteiger partial charge in [0.15, 0.2) is 0 Å². The molecule has 1 aromatic heterocycles. The first-order valence-electron chi connectivity index (χ1n) is 6.68. The first kappa shape index (κ1) is 13.1. The molecule has 18 heavy (non-hydrogen) atoms. The topological polar surface area (TPSA) is 45.4 Å². The van der Waals surface area contributed by atoms with Crippen molar-refractivity contribution in [3.8, 4) is 0 Å². The molecule has 0 radical (unpaired) electrons. The van der Waals surface area contributed by atoms with Crippen molar-refractivity contribution < 1.29 is 0 Å². The molecule has 4 nitrogen and oxygen atoms in total. The second-order valence-electron chi connectivity index (χ2n) is 5.53. The average Bonchev–Trinajstić information content (AvgIpc) is 2.75. The van der Waals surface area contributed by atoms with Gasteiger partial charge in [-0.25, -0.2) is 4.98 Å². The number of anilines is 2. The van der Waals surface area contributed by atoms with E-state index in [2.05, 4.69) is 34.9 Å². The number of nitrogens with two attached hydrogens (primary N) is 1. The fraction of sp³-hybridized carbons (Fsp3) is 0.643. The smallest absolute Gasteiger partial charge is 0.128 e. The summed E-state index contributed by atoms with van der Waals surface area (Å²) in [7, 11) is 4.31. The highest BCUT2D eigenvalue weighted by Crippen LogP contribution is 2.20. The van der Waals surface area contributed by atoms with Crippen LogP contribution in [-0.2, 0) is 0 Å². The molecule has 100 valence electrons.